The van der Waals surface area contributed by atoms with Gasteiger partial charge in [0.05, 0.1) is 26.7 Å². The van der Waals surface area contributed by atoms with Crippen molar-refractivity contribution in [3.8, 4) is 17.2 Å². The van der Waals surface area contributed by atoms with Crippen molar-refractivity contribution in [2.75, 3.05) is 26.6 Å². The lowest BCUT2D eigenvalue weighted by molar-refractivity contribution is 0.327. The Bertz CT molecular complexity index is 881. The Kier molecular flexibility index (Phi) is 4.37. The lowest BCUT2D eigenvalue weighted by Crippen LogP contribution is -2.00. The number of methoxy groups -OCH3 is 3. The number of benzene rings is 2. The SMILES string of the molecule is COc1cc2c(Nc3cccc(C)c3)ncnc2c(OC)c1OC. The van der Waals surface area contributed by atoms with Crippen molar-refractivity contribution in [1.29, 1.82) is 0 Å². The van der Waals surface area contributed by atoms with Crippen LogP contribution in [0, 0.1) is 6.92 Å². The smallest absolute Gasteiger partial charge is 0.205 e. The highest BCUT2D eigenvalue weighted by atomic mass is 16.5. The van der Waals surface area contributed by atoms with Crippen LogP contribution < -0.4 is 19.5 Å². The number of fused-ring (bicyclic) bond motifs is 1. The second-order valence-electron chi connectivity index (χ2n) is 5.26. The fourth-order valence-corrected chi connectivity index (χ4v) is 2.62. The molecule has 3 rings (SSSR count). The van der Waals surface area contributed by atoms with E-state index in [1.807, 2.05) is 37.3 Å². The molecule has 24 heavy (non-hydrogen) atoms. The minimum Gasteiger partial charge on any atom is -0.493 e. The van der Waals surface area contributed by atoms with E-state index in [1.54, 1.807) is 21.3 Å². The van der Waals surface area contributed by atoms with Crippen LogP contribution in [0.5, 0.6) is 17.2 Å². The lowest BCUT2D eigenvalue weighted by atomic mass is 10.1. The monoisotopic (exact) mass is 325 g/mol. The summed E-state index contributed by atoms with van der Waals surface area (Å²) < 4.78 is 16.3. The maximum absolute atomic E-state index is 5.49. The molecule has 3 aromatic rings. The third-order valence-corrected chi connectivity index (χ3v) is 3.71. The second-order valence-corrected chi connectivity index (χ2v) is 5.26. The minimum absolute atomic E-state index is 0.507. The van der Waals surface area contributed by atoms with Crippen molar-refractivity contribution in [2.45, 2.75) is 6.92 Å². The fraction of sp³-hybridized carbons (Fsp3) is 0.222. The molecule has 1 heterocycles. The summed E-state index contributed by atoms with van der Waals surface area (Å²) in [6, 6.07) is 9.91. The van der Waals surface area contributed by atoms with E-state index < -0.39 is 0 Å². The van der Waals surface area contributed by atoms with Crippen LogP contribution in [0.15, 0.2) is 36.7 Å². The molecular formula is C18H19N3O3. The van der Waals surface area contributed by atoms with Crippen LogP contribution in [0.3, 0.4) is 0 Å². The summed E-state index contributed by atoms with van der Waals surface area (Å²) >= 11 is 0. The number of rotatable bonds is 5. The molecule has 0 spiro atoms. The average Bonchev–Trinajstić information content (AvgIpc) is 2.60. The molecule has 0 aliphatic heterocycles. The number of hydrogen-bond donors (Lipinski definition) is 1. The summed E-state index contributed by atoms with van der Waals surface area (Å²) in [6.45, 7) is 2.04. The Morgan fingerprint density at radius 2 is 1.71 bits per heavy atom. The molecular weight excluding hydrogens is 306 g/mol. The average molecular weight is 325 g/mol. The summed E-state index contributed by atoms with van der Waals surface area (Å²) in [6.07, 6.45) is 1.49. The zero-order valence-corrected chi connectivity index (χ0v) is 14.1. The maximum Gasteiger partial charge on any atom is 0.205 e. The zero-order valence-electron chi connectivity index (χ0n) is 14.1. The highest BCUT2D eigenvalue weighted by molar-refractivity contribution is 5.97. The molecule has 0 unspecified atom stereocenters. The number of hydrogen-bond acceptors (Lipinski definition) is 6. The van der Waals surface area contributed by atoms with Gasteiger partial charge in [0.15, 0.2) is 11.5 Å². The van der Waals surface area contributed by atoms with E-state index in [4.69, 9.17) is 14.2 Å². The molecule has 0 aliphatic carbocycles. The molecule has 0 aliphatic rings. The molecule has 6 heteroatoms. The van der Waals surface area contributed by atoms with Gasteiger partial charge in [-0.05, 0) is 30.7 Å². The van der Waals surface area contributed by atoms with Crippen molar-refractivity contribution in [1.82, 2.24) is 9.97 Å². The van der Waals surface area contributed by atoms with E-state index in [0.29, 0.717) is 28.6 Å². The van der Waals surface area contributed by atoms with Gasteiger partial charge in [-0.2, -0.15) is 0 Å². The van der Waals surface area contributed by atoms with Gasteiger partial charge in [0.2, 0.25) is 5.75 Å². The van der Waals surface area contributed by atoms with Crippen LogP contribution in [0.2, 0.25) is 0 Å². The van der Waals surface area contributed by atoms with Crippen LogP contribution in [-0.2, 0) is 0 Å². The molecule has 6 nitrogen and oxygen atoms in total. The minimum atomic E-state index is 0.507. The summed E-state index contributed by atoms with van der Waals surface area (Å²) in [4.78, 5) is 8.71. The first kappa shape index (κ1) is 15.9. The molecule has 0 amide bonds. The number of nitrogens with one attached hydrogen (secondary N) is 1. The predicted molar refractivity (Wildman–Crippen MR) is 93.7 cm³/mol. The number of ether oxygens (including phenoxy) is 3. The van der Waals surface area contributed by atoms with Gasteiger partial charge >= 0.3 is 0 Å². The molecule has 0 bridgehead atoms. The Labute approximate surface area is 140 Å². The largest absolute Gasteiger partial charge is 0.493 e. The Morgan fingerprint density at radius 1 is 0.917 bits per heavy atom. The Morgan fingerprint density at radius 3 is 2.38 bits per heavy atom. The number of aryl methyl sites for hydroxylation is 1. The third-order valence-electron chi connectivity index (χ3n) is 3.71. The lowest BCUT2D eigenvalue weighted by Gasteiger charge is -2.16. The zero-order chi connectivity index (χ0) is 17.1. The number of nitrogens with zero attached hydrogens (tertiary/aromatic N) is 2. The summed E-state index contributed by atoms with van der Waals surface area (Å²) in [5.74, 6) is 2.25. The Hall–Kier alpha value is -3.02. The van der Waals surface area contributed by atoms with Crippen LogP contribution in [0.25, 0.3) is 10.9 Å². The van der Waals surface area contributed by atoms with E-state index >= 15 is 0 Å². The molecule has 1 aromatic heterocycles. The predicted octanol–water partition coefficient (Wildman–Crippen LogP) is 3.71. The number of aromatic nitrogens is 2. The van der Waals surface area contributed by atoms with E-state index in [2.05, 4.69) is 15.3 Å². The highest BCUT2D eigenvalue weighted by Gasteiger charge is 2.19. The van der Waals surface area contributed by atoms with Crippen LogP contribution in [0.4, 0.5) is 11.5 Å². The van der Waals surface area contributed by atoms with Crippen molar-refractivity contribution >= 4 is 22.4 Å². The number of anilines is 2. The molecule has 0 atom stereocenters. The fourth-order valence-electron chi connectivity index (χ4n) is 2.62. The summed E-state index contributed by atoms with van der Waals surface area (Å²) in [5.41, 5.74) is 2.76. The van der Waals surface area contributed by atoms with E-state index in [-0.39, 0.29) is 0 Å². The van der Waals surface area contributed by atoms with E-state index in [1.165, 1.54) is 6.33 Å². The van der Waals surface area contributed by atoms with Gasteiger partial charge in [-0.15, -0.1) is 0 Å². The van der Waals surface area contributed by atoms with Crippen molar-refractivity contribution in [3.05, 3.63) is 42.2 Å². The van der Waals surface area contributed by atoms with Gasteiger partial charge < -0.3 is 19.5 Å². The van der Waals surface area contributed by atoms with Crippen LogP contribution in [0.1, 0.15) is 5.56 Å². The van der Waals surface area contributed by atoms with Gasteiger partial charge in [-0.25, -0.2) is 9.97 Å². The molecule has 0 saturated carbocycles. The van der Waals surface area contributed by atoms with Crippen molar-refractivity contribution < 1.29 is 14.2 Å². The second kappa shape index (κ2) is 6.62. The first-order valence-electron chi connectivity index (χ1n) is 7.45. The van der Waals surface area contributed by atoms with Gasteiger partial charge in [0.1, 0.15) is 17.7 Å². The van der Waals surface area contributed by atoms with E-state index in [0.717, 1.165) is 16.6 Å². The molecule has 124 valence electrons. The first-order chi connectivity index (χ1) is 11.7. The quantitative estimate of drug-likeness (QED) is 0.771. The van der Waals surface area contributed by atoms with Gasteiger partial charge in [0, 0.05) is 5.69 Å². The van der Waals surface area contributed by atoms with Crippen LogP contribution in [-0.4, -0.2) is 31.3 Å². The van der Waals surface area contributed by atoms with Crippen molar-refractivity contribution in [3.63, 3.8) is 0 Å². The van der Waals surface area contributed by atoms with Gasteiger partial charge in [-0.1, -0.05) is 12.1 Å². The highest BCUT2D eigenvalue weighted by Crippen LogP contribution is 2.44. The summed E-state index contributed by atoms with van der Waals surface area (Å²) in [5, 5.41) is 4.11. The Balaban J connectivity index is 2.19. The standard InChI is InChI=1S/C18H19N3O3/c1-11-6-5-7-12(8-11)21-18-13-9-14(22-2)16(23-3)17(24-4)15(13)19-10-20-18/h5-10H,1-4H3,(H,19,20,21). The summed E-state index contributed by atoms with van der Waals surface area (Å²) in [7, 11) is 4.73. The molecule has 0 fully saturated rings. The molecule has 1 N–H and O–H groups in total. The van der Waals surface area contributed by atoms with Crippen LogP contribution >= 0.6 is 0 Å². The molecule has 0 radical (unpaired) electrons. The maximum atomic E-state index is 5.49. The van der Waals surface area contributed by atoms with Gasteiger partial charge in [0.25, 0.3) is 0 Å². The molecule has 2 aromatic carbocycles. The van der Waals surface area contributed by atoms with Gasteiger partial charge in [-0.3, -0.25) is 0 Å². The molecule has 0 saturated heterocycles. The third kappa shape index (κ3) is 2.78. The first-order valence-corrected chi connectivity index (χ1v) is 7.45. The van der Waals surface area contributed by atoms with Crippen molar-refractivity contribution in [2.24, 2.45) is 0 Å². The topological polar surface area (TPSA) is 65.5 Å². The van der Waals surface area contributed by atoms with E-state index in [9.17, 15) is 0 Å². The normalized spacial score (nSPS) is 10.5.